The lowest BCUT2D eigenvalue weighted by molar-refractivity contribution is 0.644. The Morgan fingerprint density at radius 3 is 2.83 bits per heavy atom. The van der Waals surface area contributed by atoms with Gasteiger partial charge in [0.2, 0.25) is 0 Å². The molecule has 12 heavy (non-hydrogen) atoms. The number of hydrogen-bond donors (Lipinski definition) is 1. The average Bonchev–Trinajstić information content (AvgIpc) is 2.35. The maximum Gasteiger partial charge on any atom is 0.117 e. The van der Waals surface area contributed by atoms with Gasteiger partial charge in [-0.2, -0.15) is 0 Å². The molecule has 0 aliphatic rings. The Balaban J connectivity index is 0.00000121. The van der Waals surface area contributed by atoms with Gasteiger partial charge in [-0.1, -0.05) is 6.92 Å². The molecule has 1 unspecified atom stereocenters. The molecule has 0 aliphatic heterocycles. The molecule has 0 spiro atoms. The smallest absolute Gasteiger partial charge is 0.117 e. The highest BCUT2D eigenvalue weighted by Crippen LogP contribution is 2.16. The molecule has 0 saturated carbocycles. The summed E-state index contributed by atoms with van der Waals surface area (Å²) in [5.74, 6) is 0. The Morgan fingerprint density at radius 2 is 2.42 bits per heavy atom. The zero-order valence-electron chi connectivity index (χ0n) is 6.79. The quantitative estimate of drug-likeness (QED) is 0.918. The number of aromatic nitrogens is 1. The monoisotopic (exact) mass is 270 g/mol. The third-order valence-electron chi connectivity index (χ3n) is 1.48. The van der Waals surface area contributed by atoms with E-state index in [1.165, 1.54) is 0 Å². The van der Waals surface area contributed by atoms with Crippen molar-refractivity contribution in [3.05, 3.63) is 15.0 Å². The van der Waals surface area contributed by atoms with Gasteiger partial charge in [0.15, 0.2) is 0 Å². The van der Waals surface area contributed by atoms with Crippen LogP contribution in [-0.4, -0.2) is 11.0 Å². The standard InChI is InChI=1S/C7H11BrN2S.ClH/c1-2-5(9)3-7-10-6(8)4-11-7;/h4-5H,2-3,9H2,1H3;1H. The van der Waals surface area contributed by atoms with Crippen LogP contribution in [0.25, 0.3) is 0 Å². The molecule has 2 N–H and O–H groups in total. The number of nitrogens with two attached hydrogens (primary N) is 1. The lowest BCUT2D eigenvalue weighted by Crippen LogP contribution is -2.21. The first-order valence-electron chi connectivity index (χ1n) is 3.58. The topological polar surface area (TPSA) is 38.9 Å². The van der Waals surface area contributed by atoms with Gasteiger partial charge in [-0.05, 0) is 22.4 Å². The van der Waals surface area contributed by atoms with Crippen molar-refractivity contribution < 1.29 is 0 Å². The zero-order chi connectivity index (χ0) is 8.27. The molecule has 0 saturated heterocycles. The van der Waals surface area contributed by atoms with E-state index in [1.807, 2.05) is 5.38 Å². The highest BCUT2D eigenvalue weighted by atomic mass is 79.9. The van der Waals surface area contributed by atoms with Gasteiger partial charge in [-0.25, -0.2) is 4.98 Å². The van der Waals surface area contributed by atoms with E-state index < -0.39 is 0 Å². The van der Waals surface area contributed by atoms with Crippen LogP contribution in [0.3, 0.4) is 0 Å². The maximum absolute atomic E-state index is 5.77. The third-order valence-corrected chi connectivity index (χ3v) is 3.07. The van der Waals surface area contributed by atoms with E-state index in [0.29, 0.717) is 0 Å². The van der Waals surface area contributed by atoms with Crippen LogP contribution in [0.15, 0.2) is 9.98 Å². The van der Waals surface area contributed by atoms with Crippen molar-refractivity contribution in [2.45, 2.75) is 25.8 Å². The molecule has 0 amide bonds. The number of hydrogen-bond acceptors (Lipinski definition) is 3. The summed E-state index contributed by atoms with van der Waals surface area (Å²) in [4.78, 5) is 4.25. The zero-order valence-corrected chi connectivity index (χ0v) is 10.0. The second kappa shape index (κ2) is 5.91. The summed E-state index contributed by atoms with van der Waals surface area (Å²) in [5.41, 5.74) is 5.77. The molecule has 5 heteroatoms. The molecule has 1 rings (SSSR count). The Morgan fingerprint density at radius 1 is 1.75 bits per heavy atom. The van der Waals surface area contributed by atoms with E-state index in [0.717, 1.165) is 22.5 Å². The van der Waals surface area contributed by atoms with Crippen LogP contribution in [0, 0.1) is 0 Å². The predicted molar refractivity (Wildman–Crippen MR) is 59.0 cm³/mol. The van der Waals surface area contributed by atoms with E-state index in [9.17, 15) is 0 Å². The van der Waals surface area contributed by atoms with Crippen molar-refractivity contribution >= 4 is 39.7 Å². The number of thiazole rings is 1. The van der Waals surface area contributed by atoms with E-state index in [4.69, 9.17) is 5.73 Å². The van der Waals surface area contributed by atoms with Crippen LogP contribution in [0.2, 0.25) is 0 Å². The predicted octanol–water partition coefficient (Wildman–Crippen LogP) is 2.61. The van der Waals surface area contributed by atoms with Crippen LogP contribution in [-0.2, 0) is 6.42 Å². The first-order chi connectivity index (χ1) is 5.22. The van der Waals surface area contributed by atoms with Crippen molar-refractivity contribution in [1.29, 1.82) is 0 Å². The second-order valence-corrected chi connectivity index (χ2v) is 4.19. The molecule has 2 nitrogen and oxygen atoms in total. The maximum atomic E-state index is 5.77. The summed E-state index contributed by atoms with van der Waals surface area (Å²) in [6.45, 7) is 2.09. The van der Waals surface area contributed by atoms with Gasteiger partial charge in [0.25, 0.3) is 0 Å². The Hall–Kier alpha value is 0.360. The highest BCUT2D eigenvalue weighted by Gasteiger charge is 2.04. The van der Waals surface area contributed by atoms with Crippen molar-refractivity contribution in [3.8, 4) is 0 Å². The van der Waals surface area contributed by atoms with E-state index >= 15 is 0 Å². The van der Waals surface area contributed by atoms with Gasteiger partial charge in [0.1, 0.15) is 4.60 Å². The van der Waals surface area contributed by atoms with Crippen LogP contribution in [0.1, 0.15) is 18.4 Å². The SMILES string of the molecule is CCC(N)Cc1nc(Br)cs1.Cl. The second-order valence-electron chi connectivity index (χ2n) is 2.44. The molecule has 0 aromatic carbocycles. The lowest BCUT2D eigenvalue weighted by Gasteiger charge is -2.03. The number of nitrogens with zero attached hydrogens (tertiary/aromatic N) is 1. The minimum atomic E-state index is 0. The summed E-state index contributed by atoms with van der Waals surface area (Å²) in [6, 6.07) is 0.257. The van der Waals surface area contributed by atoms with Crippen molar-refractivity contribution in [1.82, 2.24) is 4.98 Å². The summed E-state index contributed by atoms with van der Waals surface area (Å²) in [5, 5.41) is 3.10. The van der Waals surface area contributed by atoms with Crippen LogP contribution < -0.4 is 5.73 Å². The largest absolute Gasteiger partial charge is 0.327 e. The Labute approximate surface area is 91.1 Å². The molecule has 1 aromatic heterocycles. The van der Waals surface area contributed by atoms with Crippen molar-refractivity contribution in [2.24, 2.45) is 5.73 Å². The van der Waals surface area contributed by atoms with Crippen LogP contribution in [0.4, 0.5) is 0 Å². The highest BCUT2D eigenvalue weighted by molar-refractivity contribution is 9.10. The van der Waals surface area contributed by atoms with Gasteiger partial charge in [-0.15, -0.1) is 23.7 Å². The average molecular weight is 272 g/mol. The van der Waals surface area contributed by atoms with Gasteiger partial charge in [0.05, 0.1) is 5.01 Å². The number of rotatable bonds is 3. The minimum absolute atomic E-state index is 0. The van der Waals surface area contributed by atoms with Crippen LogP contribution in [0.5, 0.6) is 0 Å². The molecule has 70 valence electrons. The lowest BCUT2D eigenvalue weighted by atomic mass is 10.2. The first kappa shape index (κ1) is 12.4. The summed E-state index contributed by atoms with van der Waals surface area (Å²) in [7, 11) is 0. The van der Waals surface area contributed by atoms with E-state index in [1.54, 1.807) is 11.3 Å². The molecular formula is C7H12BrClN2S. The molecule has 1 atom stereocenters. The molecule has 0 bridgehead atoms. The van der Waals surface area contributed by atoms with Gasteiger partial charge in [-0.3, -0.25) is 0 Å². The van der Waals surface area contributed by atoms with Gasteiger partial charge in [0, 0.05) is 17.8 Å². The summed E-state index contributed by atoms with van der Waals surface area (Å²) < 4.78 is 0.917. The van der Waals surface area contributed by atoms with Gasteiger partial charge < -0.3 is 5.73 Å². The summed E-state index contributed by atoms with van der Waals surface area (Å²) in [6.07, 6.45) is 1.91. The number of halogens is 2. The molecule has 0 radical (unpaired) electrons. The van der Waals surface area contributed by atoms with Crippen molar-refractivity contribution in [3.63, 3.8) is 0 Å². The minimum Gasteiger partial charge on any atom is -0.327 e. The summed E-state index contributed by atoms with van der Waals surface area (Å²) >= 11 is 4.96. The van der Waals surface area contributed by atoms with Crippen molar-refractivity contribution in [2.75, 3.05) is 0 Å². The molecule has 0 fully saturated rings. The molecule has 1 aromatic rings. The van der Waals surface area contributed by atoms with Gasteiger partial charge >= 0.3 is 0 Å². The first-order valence-corrected chi connectivity index (χ1v) is 5.25. The fraction of sp³-hybridized carbons (Fsp3) is 0.571. The normalized spacial score (nSPS) is 12.2. The Kier molecular flexibility index (Phi) is 6.09. The fourth-order valence-corrected chi connectivity index (χ4v) is 2.11. The van der Waals surface area contributed by atoms with E-state index in [-0.39, 0.29) is 18.4 Å². The molecular weight excluding hydrogens is 260 g/mol. The molecule has 0 aliphatic carbocycles. The fourth-order valence-electron chi connectivity index (χ4n) is 0.751. The Bertz CT molecular complexity index is 229. The van der Waals surface area contributed by atoms with Crippen LogP contribution >= 0.6 is 39.7 Å². The third kappa shape index (κ3) is 3.85. The van der Waals surface area contributed by atoms with E-state index in [2.05, 4.69) is 27.8 Å². The molecule has 1 heterocycles.